The minimum atomic E-state index is -0.258. The number of para-hydroxylation sites is 1. The number of likely N-dealkylation sites (tertiary alicyclic amines) is 1. The van der Waals surface area contributed by atoms with Gasteiger partial charge in [0.15, 0.2) is 11.5 Å². The Kier molecular flexibility index (Phi) is 6.01. The quantitative estimate of drug-likeness (QED) is 0.653. The highest BCUT2D eigenvalue weighted by molar-refractivity contribution is 5.92. The zero-order chi connectivity index (χ0) is 21.8. The van der Waals surface area contributed by atoms with Crippen molar-refractivity contribution in [3.63, 3.8) is 0 Å². The van der Waals surface area contributed by atoms with Crippen molar-refractivity contribution in [2.45, 2.75) is 38.8 Å². The zero-order valence-corrected chi connectivity index (χ0v) is 17.5. The van der Waals surface area contributed by atoms with Crippen molar-refractivity contribution >= 4 is 11.8 Å². The number of nitrogens with zero attached hydrogens (tertiary/aromatic N) is 4. The molecule has 1 aromatic carbocycles. The maximum Gasteiger partial charge on any atom is 0.290 e. The summed E-state index contributed by atoms with van der Waals surface area (Å²) in [6.07, 6.45) is 3.30. The van der Waals surface area contributed by atoms with E-state index >= 15 is 0 Å². The molecule has 0 saturated carbocycles. The molecule has 1 fully saturated rings. The van der Waals surface area contributed by atoms with E-state index in [2.05, 4.69) is 15.6 Å². The molecule has 9 nitrogen and oxygen atoms in total. The summed E-state index contributed by atoms with van der Waals surface area (Å²) in [6, 6.07) is 12.5. The van der Waals surface area contributed by atoms with Gasteiger partial charge in [-0.1, -0.05) is 23.4 Å². The smallest absolute Gasteiger partial charge is 0.290 e. The molecule has 0 unspecified atom stereocenters. The average molecular weight is 423 g/mol. The summed E-state index contributed by atoms with van der Waals surface area (Å²) in [5, 5.41) is 10.9. The first-order chi connectivity index (χ1) is 15.0. The molecular weight excluding hydrogens is 398 g/mol. The van der Waals surface area contributed by atoms with Crippen LogP contribution in [0.25, 0.3) is 0 Å². The lowest BCUT2D eigenvalue weighted by Crippen LogP contribution is -2.40. The fourth-order valence-corrected chi connectivity index (χ4v) is 3.50. The van der Waals surface area contributed by atoms with Crippen LogP contribution >= 0.6 is 0 Å². The van der Waals surface area contributed by atoms with Gasteiger partial charge in [-0.3, -0.25) is 9.59 Å². The van der Waals surface area contributed by atoms with E-state index in [1.54, 1.807) is 27.9 Å². The number of amides is 2. The Morgan fingerprint density at radius 2 is 2.00 bits per heavy atom. The summed E-state index contributed by atoms with van der Waals surface area (Å²) in [5.41, 5.74) is 0.269. The molecule has 2 aromatic heterocycles. The lowest BCUT2D eigenvalue weighted by molar-refractivity contribution is 0.0635. The highest BCUT2D eigenvalue weighted by Crippen LogP contribution is 2.26. The van der Waals surface area contributed by atoms with Gasteiger partial charge in [-0.05, 0) is 44.9 Å². The number of carbonyl (C=O) groups is 2. The molecule has 3 aromatic rings. The number of benzene rings is 1. The molecule has 1 aliphatic rings. The third kappa shape index (κ3) is 4.93. The summed E-state index contributed by atoms with van der Waals surface area (Å²) in [5.74, 6) is 0.664. The summed E-state index contributed by atoms with van der Waals surface area (Å²) in [6.45, 7) is 4.86. The van der Waals surface area contributed by atoms with Crippen LogP contribution in [0.4, 0.5) is 0 Å². The number of ether oxygens (including phenoxy) is 1. The van der Waals surface area contributed by atoms with Crippen molar-refractivity contribution in [3.05, 3.63) is 60.1 Å². The van der Waals surface area contributed by atoms with E-state index in [0.29, 0.717) is 18.8 Å². The minimum absolute atomic E-state index is 0.0181. The van der Waals surface area contributed by atoms with Crippen LogP contribution in [0.5, 0.6) is 11.7 Å². The van der Waals surface area contributed by atoms with Gasteiger partial charge in [0.25, 0.3) is 17.8 Å². The predicted molar refractivity (Wildman–Crippen MR) is 112 cm³/mol. The third-order valence-electron chi connectivity index (χ3n) is 4.97. The Morgan fingerprint density at radius 1 is 1.19 bits per heavy atom. The lowest BCUT2D eigenvalue weighted by Gasteiger charge is -2.31. The summed E-state index contributed by atoms with van der Waals surface area (Å²) >= 11 is 0. The van der Waals surface area contributed by atoms with E-state index < -0.39 is 0 Å². The monoisotopic (exact) mass is 423 g/mol. The number of nitrogens with one attached hydrogen (secondary N) is 1. The Morgan fingerprint density at radius 3 is 2.77 bits per heavy atom. The van der Waals surface area contributed by atoms with Gasteiger partial charge in [-0.25, -0.2) is 4.68 Å². The molecule has 162 valence electrons. The highest BCUT2D eigenvalue weighted by atomic mass is 16.6. The summed E-state index contributed by atoms with van der Waals surface area (Å²) < 4.78 is 12.9. The summed E-state index contributed by atoms with van der Waals surface area (Å²) in [7, 11) is 0. The number of rotatable bonds is 6. The molecular formula is C22H25N5O4. The second kappa shape index (κ2) is 9.03. The topological polar surface area (TPSA) is 102 Å². The Labute approximate surface area is 180 Å². The van der Waals surface area contributed by atoms with Crippen molar-refractivity contribution in [1.29, 1.82) is 0 Å². The molecule has 9 heteroatoms. The maximum absolute atomic E-state index is 12.9. The Bertz CT molecular complexity index is 1040. The largest absolute Gasteiger partial charge is 0.426 e. The van der Waals surface area contributed by atoms with Crippen LogP contribution in [0.1, 0.15) is 53.8 Å². The molecule has 0 aliphatic carbocycles. The van der Waals surface area contributed by atoms with E-state index in [4.69, 9.17) is 9.15 Å². The predicted octanol–water partition coefficient (Wildman–Crippen LogP) is 3.28. The number of hydrogen-bond donors (Lipinski definition) is 1. The van der Waals surface area contributed by atoms with Crippen LogP contribution in [-0.2, 0) is 0 Å². The van der Waals surface area contributed by atoms with Crippen molar-refractivity contribution < 1.29 is 18.7 Å². The number of piperidine rings is 1. The first kappa shape index (κ1) is 20.6. The van der Waals surface area contributed by atoms with Crippen LogP contribution in [-0.4, -0.2) is 50.8 Å². The van der Waals surface area contributed by atoms with Gasteiger partial charge in [-0.15, -0.1) is 5.10 Å². The normalized spacial score (nSPS) is 16.4. The number of carbonyl (C=O) groups excluding carboxylic acids is 2. The van der Waals surface area contributed by atoms with Crippen molar-refractivity contribution in [2.24, 2.45) is 0 Å². The fraction of sp³-hybridized carbons (Fsp3) is 0.364. The zero-order valence-electron chi connectivity index (χ0n) is 17.5. The molecule has 0 radical (unpaired) electrons. The first-order valence-electron chi connectivity index (χ1n) is 10.3. The van der Waals surface area contributed by atoms with Crippen LogP contribution < -0.4 is 10.1 Å². The second-order valence-corrected chi connectivity index (χ2v) is 7.79. The van der Waals surface area contributed by atoms with E-state index in [-0.39, 0.29) is 41.3 Å². The van der Waals surface area contributed by atoms with E-state index in [1.165, 1.54) is 0 Å². The van der Waals surface area contributed by atoms with E-state index in [9.17, 15) is 9.59 Å². The van der Waals surface area contributed by atoms with Gasteiger partial charge in [0.1, 0.15) is 5.75 Å². The Hall–Kier alpha value is -3.62. The van der Waals surface area contributed by atoms with Gasteiger partial charge in [-0.2, -0.15) is 0 Å². The Balaban J connectivity index is 1.40. The van der Waals surface area contributed by atoms with Gasteiger partial charge in [0, 0.05) is 25.2 Å². The molecule has 1 aliphatic heterocycles. The molecule has 0 spiro atoms. The van der Waals surface area contributed by atoms with Crippen molar-refractivity contribution in [2.75, 3.05) is 13.1 Å². The van der Waals surface area contributed by atoms with Gasteiger partial charge in [0.05, 0.1) is 12.2 Å². The number of hydrogen-bond acceptors (Lipinski definition) is 6. The minimum Gasteiger partial charge on any atom is -0.426 e. The van der Waals surface area contributed by atoms with Crippen molar-refractivity contribution in [3.8, 4) is 11.7 Å². The van der Waals surface area contributed by atoms with Crippen LogP contribution in [0, 0.1) is 0 Å². The molecule has 31 heavy (non-hydrogen) atoms. The lowest BCUT2D eigenvalue weighted by atomic mass is 10.1. The standard InChI is InChI=1S/C22H25N5O4/c1-15(2)23-21(28)18-14-27(25-24-18)16-7-6-12-26(13-16)22(29)19-10-11-20(31-19)30-17-8-4-3-5-9-17/h3-5,8-11,14-16H,6-7,12-13H2,1-2H3,(H,23,28)/t16-/m1/s1. The molecule has 1 N–H and O–H groups in total. The SMILES string of the molecule is CC(C)NC(=O)c1cn([C@@H]2CCCN(C(=O)c3ccc(Oc4ccccc4)o3)C2)nn1. The first-order valence-corrected chi connectivity index (χ1v) is 10.3. The average Bonchev–Trinajstić information content (AvgIpc) is 3.44. The molecule has 3 heterocycles. The van der Waals surface area contributed by atoms with Crippen molar-refractivity contribution in [1.82, 2.24) is 25.2 Å². The van der Waals surface area contributed by atoms with Gasteiger partial charge < -0.3 is 19.4 Å². The fourth-order valence-electron chi connectivity index (χ4n) is 3.50. The number of aromatic nitrogens is 3. The van der Waals surface area contributed by atoms with Crippen LogP contribution in [0.15, 0.2) is 53.1 Å². The molecule has 1 saturated heterocycles. The molecule has 0 bridgehead atoms. The van der Waals surface area contributed by atoms with Crippen LogP contribution in [0.3, 0.4) is 0 Å². The molecule has 1 atom stereocenters. The third-order valence-corrected chi connectivity index (χ3v) is 4.97. The van der Waals surface area contributed by atoms with Crippen LogP contribution in [0.2, 0.25) is 0 Å². The summed E-state index contributed by atoms with van der Waals surface area (Å²) in [4.78, 5) is 26.8. The molecule has 4 rings (SSSR count). The van der Waals surface area contributed by atoms with Gasteiger partial charge in [0.2, 0.25) is 0 Å². The maximum atomic E-state index is 12.9. The van der Waals surface area contributed by atoms with Gasteiger partial charge >= 0.3 is 0 Å². The molecule has 2 amide bonds. The van der Waals surface area contributed by atoms with E-state index in [1.807, 2.05) is 44.2 Å². The van der Waals surface area contributed by atoms with E-state index in [0.717, 1.165) is 12.8 Å². The highest BCUT2D eigenvalue weighted by Gasteiger charge is 2.28. The second-order valence-electron chi connectivity index (χ2n) is 7.79. The number of furan rings is 1.